The number of aryl methyl sites for hydroxylation is 1. The van der Waals surface area contributed by atoms with E-state index in [0.717, 1.165) is 39.3 Å². The first-order valence-corrected chi connectivity index (χ1v) is 7.59. The molecule has 0 spiro atoms. The van der Waals surface area contributed by atoms with Gasteiger partial charge in [0.25, 0.3) is 0 Å². The summed E-state index contributed by atoms with van der Waals surface area (Å²) in [7, 11) is 0. The Kier molecular flexibility index (Phi) is 6.72. The number of aromatic nitrogens is 1. The van der Waals surface area contributed by atoms with Gasteiger partial charge in [-0.2, -0.15) is 0 Å². The normalized spacial score (nSPS) is 17.6. The van der Waals surface area contributed by atoms with Gasteiger partial charge in [-0.05, 0) is 18.6 Å². The number of nitrogens with zero attached hydrogens (tertiary/aromatic N) is 2. The first-order chi connectivity index (χ1) is 10.2. The van der Waals surface area contributed by atoms with Crippen molar-refractivity contribution in [3.05, 3.63) is 24.5 Å². The maximum atomic E-state index is 11.7. The van der Waals surface area contributed by atoms with Crippen molar-refractivity contribution >= 4 is 5.91 Å². The number of hydrogen-bond donors (Lipinski definition) is 2. The average Bonchev–Trinajstić information content (AvgIpc) is 2.99. The van der Waals surface area contributed by atoms with Crippen LogP contribution in [0.25, 0.3) is 0 Å². The van der Waals surface area contributed by atoms with Crippen molar-refractivity contribution < 1.29 is 14.6 Å². The maximum absolute atomic E-state index is 11.7. The highest BCUT2D eigenvalue weighted by Gasteiger charge is 2.15. The molecule has 2 heterocycles. The number of morpholine rings is 1. The molecule has 6 heteroatoms. The van der Waals surface area contributed by atoms with E-state index in [4.69, 9.17) is 4.74 Å². The van der Waals surface area contributed by atoms with Crippen LogP contribution in [0.15, 0.2) is 24.5 Å². The van der Waals surface area contributed by atoms with Crippen LogP contribution in [-0.2, 0) is 16.1 Å². The van der Waals surface area contributed by atoms with Gasteiger partial charge in [-0.15, -0.1) is 0 Å². The highest BCUT2D eigenvalue weighted by Crippen LogP contribution is 1.99. The average molecular weight is 295 g/mol. The number of β-amino-alcohol motifs (C(OH)–C–C–N with tert-alkyl or cyclic N) is 1. The van der Waals surface area contributed by atoms with Gasteiger partial charge in [0.1, 0.15) is 0 Å². The smallest absolute Gasteiger partial charge is 0.220 e. The van der Waals surface area contributed by atoms with Crippen molar-refractivity contribution in [2.45, 2.75) is 25.5 Å². The highest BCUT2D eigenvalue weighted by atomic mass is 16.5. The van der Waals surface area contributed by atoms with Crippen LogP contribution in [0.2, 0.25) is 0 Å². The van der Waals surface area contributed by atoms with E-state index < -0.39 is 6.10 Å². The monoisotopic (exact) mass is 295 g/mol. The summed E-state index contributed by atoms with van der Waals surface area (Å²) in [5.41, 5.74) is 0. The Bertz CT molecular complexity index is 402. The van der Waals surface area contributed by atoms with Gasteiger partial charge in [-0.1, -0.05) is 0 Å². The van der Waals surface area contributed by atoms with Crippen LogP contribution in [-0.4, -0.2) is 66.0 Å². The van der Waals surface area contributed by atoms with Gasteiger partial charge in [0.15, 0.2) is 0 Å². The molecule has 2 rings (SSSR count). The lowest BCUT2D eigenvalue weighted by Gasteiger charge is -2.28. The molecule has 1 aliphatic rings. The Hall–Kier alpha value is -1.37. The minimum atomic E-state index is -0.517. The lowest BCUT2D eigenvalue weighted by atomic mass is 10.2. The number of rotatable bonds is 8. The second kappa shape index (κ2) is 8.81. The molecule has 2 N–H and O–H groups in total. The van der Waals surface area contributed by atoms with E-state index >= 15 is 0 Å². The molecule has 0 aliphatic carbocycles. The van der Waals surface area contributed by atoms with Crippen molar-refractivity contribution in [3.8, 4) is 0 Å². The van der Waals surface area contributed by atoms with E-state index in [1.54, 1.807) is 0 Å². The molecule has 0 radical (unpaired) electrons. The number of aliphatic hydroxyl groups excluding tert-OH is 1. The van der Waals surface area contributed by atoms with Gasteiger partial charge in [0.2, 0.25) is 5.91 Å². The molecular formula is C15H25N3O3. The predicted octanol–water partition coefficient (Wildman–Crippen LogP) is 0.0776. The summed E-state index contributed by atoms with van der Waals surface area (Å²) in [4.78, 5) is 13.9. The Labute approximate surface area is 125 Å². The van der Waals surface area contributed by atoms with E-state index in [2.05, 4.69) is 14.8 Å². The minimum Gasteiger partial charge on any atom is -0.390 e. The molecule has 0 saturated carbocycles. The van der Waals surface area contributed by atoms with Crippen LogP contribution < -0.4 is 5.32 Å². The van der Waals surface area contributed by atoms with E-state index in [1.165, 1.54) is 0 Å². The SMILES string of the molecule is O=C(CCCn1cccc1)NCC(O)CN1CCOCC1. The fourth-order valence-electron chi connectivity index (χ4n) is 2.41. The molecule has 118 valence electrons. The molecular weight excluding hydrogens is 270 g/mol. The molecule has 1 aromatic rings. The number of carbonyl (C=O) groups is 1. The van der Waals surface area contributed by atoms with Crippen LogP contribution >= 0.6 is 0 Å². The van der Waals surface area contributed by atoms with Crippen molar-refractivity contribution in [3.63, 3.8) is 0 Å². The molecule has 1 aliphatic heterocycles. The summed E-state index contributed by atoms with van der Waals surface area (Å²) < 4.78 is 7.32. The molecule has 1 amide bonds. The zero-order chi connectivity index (χ0) is 14.9. The number of carbonyl (C=O) groups excluding carboxylic acids is 1. The first-order valence-electron chi connectivity index (χ1n) is 7.59. The second-order valence-electron chi connectivity index (χ2n) is 5.40. The minimum absolute atomic E-state index is 0.00295. The zero-order valence-corrected chi connectivity index (χ0v) is 12.4. The largest absolute Gasteiger partial charge is 0.390 e. The summed E-state index contributed by atoms with van der Waals surface area (Å²) in [5.74, 6) is 0.00295. The number of ether oxygens (including phenoxy) is 1. The first kappa shape index (κ1) is 16.0. The molecule has 21 heavy (non-hydrogen) atoms. The van der Waals surface area contributed by atoms with Crippen LogP contribution in [0.1, 0.15) is 12.8 Å². The Morgan fingerprint density at radius 1 is 1.29 bits per heavy atom. The summed E-state index contributed by atoms with van der Waals surface area (Å²) in [6.45, 7) is 4.89. The van der Waals surface area contributed by atoms with Crippen molar-refractivity contribution in [2.24, 2.45) is 0 Å². The molecule has 1 fully saturated rings. The molecule has 1 saturated heterocycles. The van der Waals surface area contributed by atoms with E-state index in [1.807, 2.05) is 24.5 Å². The second-order valence-corrected chi connectivity index (χ2v) is 5.40. The van der Waals surface area contributed by atoms with Crippen molar-refractivity contribution in [1.82, 2.24) is 14.8 Å². The summed E-state index contributed by atoms with van der Waals surface area (Å²) in [5, 5.41) is 12.7. The Balaban J connectivity index is 1.53. The quantitative estimate of drug-likeness (QED) is 0.713. The van der Waals surface area contributed by atoms with Gasteiger partial charge in [-0.3, -0.25) is 9.69 Å². The number of nitrogens with one attached hydrogen (secondary N) is 1. The molecule has 1 atom stereocenters. The molecule has 0 aromatic carbocycles. The third-order valence-corrected chi connectivity index (χ3v) is 3.59. The summed E-state index contributed by atoms with van der Waals surface area (Å²) >= 11 is 0. The number of hydrogen-bond acceptors (Lipinski definition) is 4. The lowest BCUT2D eigenvalue weighted by Crippen LogP contribution is -2.44. The molecule has 1 aromatic heterocycles. The maximum Gasteiger partial charge on any atom is 0.220 e. The fraction of sp³-hybridized carbons (Fsp3) is 0.667. The predicted molar refractivity (Wildman–Crippen MR) is 79.9 cm³/mol. The summed E-state index contributed by atoms with van der Waals surface area (Å²) in [6.07, 6.45) is 4.76. The van der Waals surface area contributed by atoms with Gasteiger partial charge >= 0.3 is 0 Å². The van der Waals surface area contributed by atoms with Gasteiger partial charge in [-0.25, -0.2) is 0 Å². The van der Waals surface area contributed by atoms with Crippen molar-refractivity contribution in [1.29, 1.82) is 0 Å². The van der Waals surface area contributed by atoms with Gasteiger partial charge < -0.3 is 19.7 Å². The molecule has 6 nitrogen and oxygen atoms in total. The topological polar surface area (TPSA) is 66.7 Å². The highest BCUT2D eigenvalue weighted by molar-refractivity contribution is 5.75. The van der Waals surface area contributed by atoms with E-state index in [-0.39, 0.29) is 5.91 Å². The van der Waals surface area contributed by atoms with E-state index in [0.29, 0.717) is 19.5 Å². The van der Waals surface area contributed by atoms with Gasteiger partial charge in [0, 0.05) is 51.5 Å². The Morgan fingerprint density at radius 3 is 2.71 bits per heavy atom. The van der Waals surface area contributed by atoms with Crippen LogP contribution in [0, 0.1) is 0 Å². The van der Waals surface area contributed by atoms with E-state index in [9.17, 15) is 9.90 Å². The fourth-order valence-corrected chi connectivity index (χ4v) is 2.41. The van der Waals surface area contributed by atoms with Crippen LogP contribution in [0.3, 0.4) is 0 Å². The third-order valence-electron chi connectivity index (χ3n) is 3.59. The van der Waals surface area contributed by atoms with Crippen molar-refractivity contribution in [2.75, 3.05) is 39.4 Å². The third kappa shape index (κ3) is 6.29. The standard InChI is InChI=1S/C15H25N3O3/c19-14(13-18-8-10-21-11-9-18)12-16-15(20)4-3-7-17-5-1-2-6-17/h1-2,5-6,14,19H,3-4,7-13H2,(H,16,20). The van der Waals surface area contributed by atoms with Gasteiger partial charge in [0.05, 0.1) is 19.3 Å². The molecule has 0 bridgehead atoms. The number of aliphatic hydroxyl groups is 1. The zero-order valence-electron chi connectivity index (χ0n) is 12.4. The van der Waals surface area contributed by atoms with Crippen LogP contribution in [0.5, 0.6) is 0 Å². The Morgan fingerprint density at radius 2 is 2.00 bits per heavy atom. The summed E-state index contributed by atoms with van der Waals surface area (Å²) in [6, 6.07) is 3.95. The van der Waals surface area contributed by atoms with Crippen LogP contribution in [0.4, 0.5) is 0 Å². The molecule has 1 unspecified atom stereocenters. The number of amides is 1. The lowest BCUT2D eigenvalue weighted by molar-refractivity contribution is -0.121.